The Morgan fingerprint density at radius 3 is 2.70 bits per heavy atom. The van der Waals surface area contributed by atoms with Gasteiger partial charge in [-0.1, -0.05) is 52.6 Å². The van der Waals surface area contributed by atoms with Crippen LogP contribution in [0.4, 0.5) is 0 Å². The number of nitrogens with two attached hydrogens (primary N) is 1. The number of amides is 1. The zero-order valence-corrected chi connectivity index (χ0v) is 13.3. The molecule has 0 heterocycles. The highest BCUT2D eigenvalue weighted by Gasteiger charge is 2.25. The molecular formula is C14H20BrN3O2. The highest BCUT2D eigenvalue weighted by atomic mass is 79.9. The summed E-state index contributed by atoms with van der Waals surface area (Å²) >= 11 is 3.46. The van der Waals surface area contributed by atoms with Gasteiger partial charge in [-0.3, -0.25) is 4.79 Å². The SMILES string of the molecule is CCCC(C(=O)N(C)Cc1ccccc1Br)C(N)=NO. The van der Waals surface area contributed by atoms with Crippen LogP contribution < -0.4 is 5.73 Å². The predicted molar refractivity (Wildman–Crippen MR) is 82.4 cm³/mol. The molecule has 0 saturated carbocycles. The van der Waals surface area contributed by atoms with E-state index in [1.807, 2.05) is 31.2 Å². The van der Waals surface area contributed by atoms with E-state index in [9.17, 15) is 4.79 Å². The second kappa shape index (κ2) is 7.89. The van der Waals surface area contributed by atoms with Gasteiger partial charge in [-0.25, -0.2) is 0 Å². The van der Waals surface area contributed by atoms with Crippen molar-refractivity contribution in [1.82, 2.24) is 4.90 Å². The molecule has 1 rings (SSSR count). The fourth-order valence-corrected chi connectivity index (χ4v) is 2.39. The Kier molecular flexibility index (Phi) is 6.51. The fraction of sp³-hybridized carbons (Fsp3) is 0.429. The van der Waals surface area contributed by atoms with Gasteiger partial charge in [-0.05, 0) is 18.1 Å². The van der Waals surface area contributed by atoms with Crippen molar-refractivity contribution >= 4 is 27.7 Å². The molecule has 1 unspecified atom stereocenters. The Hall–Kier alpha value is -1.56. The largest absolute Gasteiger partial charge is 0.409 e. The lowest BCUT2D eigenvalue weighted by Gasteiger charge is -2.23. The van der Waals surface area contributed by atoms with E-state index in [1.165, 1.54) is 0 Å². The van der Waals surface area contributed by atoms with Gasteiger partial charge in [-0.2, -0.15) is 0 Å². The molecule has 0 saturated heterocycles. The summed E-state index contributed by atoms with van der Waals surface area (Å²) in [5, 5.41) is 11.8. The minimum Gasteiger partial charge on any atom is -0.409 e. The predicted octanol–water partition coefficient (Wildman–Crippen LogP) is 2.57. The summed E-state index contributed by atoms with van der Waals surface area (Å²) in [5.74, 6) is -0.744. The van der Waals surface area contributed by atoms with Crippen LogP contribution in [0.2, 0.25) is 0 Å². The van der Waals surface area contributed by atoms with Crippen LogP contribution in [0, 0.1) is 5.92 Å². The molecule has 0 aromatic heterocycles. The summed E-state index contributed by atoms with van der Waals surface area (Å²) < 4.78 is 0.954. The van der Waals surface area contributed by atoms with Crippen LogP contribution in [0.5, 0.6) is 0 Å². The average Bonchev–Trinajstić information content (AvgIpc) is 2.45. The van der Waals surface area contributed by atoms with E-state index in [0.29, 0.717) is 13.0 Å². The van der Waals surface area contributed by atoms with Crippen LogP contribution in [-0.4, -0.2) is 28.9 Å². The van der Waals surface area contributed by atoms with Gasteiger partial charge >= 0.3 is 0 Å². The summed E-state index contributed by atoms with van der Waals surface area (Å²) in [4.78, 5) is 14.0. The average molecular weight is 342 g/mol. The van der Waals surface area contributed by atoms with E-state index in [2.05, 4.69) is 21.1 Å². The number of benzene rings is 1. The Balaban J connectivity index is 2.82. The Labute approximate surface area is 127 Å². The molecule has 1 aromatic carbocycles. The number of oxime groups is 1. The molecule has 0 bridgehead atoms. The van der Waals surface area contributed by atoms with Crippen LogP contribution in [-0.2, 0) is 11.3 Å². The maximum absolute atomic E-state index is 12.4. The molecule has 110 valence electrons. The van der Waals surface area contributed by atoms with E-state index >= 15 is 0 Å². The van der Waals surface area contributed by atoms with E-state index in [0.717, 1.165) is 16.5 Å². The zero-order chi connectivity index (χ0) is 15.1. The Morgan fingerprint density at radius 1 is 1.50 bits per heavy atom. The number of carbonyl (C=O) groups excluding carboxylic acids is 1. The minimum atomic E-state index is -0.572. The van der Waals surface area contributed by atoms with Crippen LogP contribution in [0.1, 0.15) is 25.3 Å². The van der Waals surface area contributed by atoms with Gasteiger partial charge in [0.25, 0.3) is 0 Å². The molecule has 6 heteroatoms. The van der Waals surface area contributed by atoms with E-state index in [-0.39, 0.29) is 11.7 Å². The maximum Gasteiger partial charge on any atom is 0.233 e. The van der Waals surface area contributed by atoms with Crippen LogP contribution in [0.3, 0.4) is 0 Å². The third-order valence-electron chi connectivity index (χ3n) is 3.09. The quantitative estimate of drug-likeness (QED) is 0.361. The standard InChI is InChI=1S/C14H20BrN3O2/c1-3-6-11(13(16)17-20)14(19)18(2)9-10-7-4-5-8-12(10)15/h4-5,7-8,11,20H,3,6,9H2,1-2H3,(H2,16,17). The molecule has 0 fully saturated rings. The minimum absolute atomic E-state index is 0.0316. The van der Waals surface area contributed by atoms with Gasteiger partial charge in [0.1, 0.15) is 0 Å². The molecule has 3 N–H and O–H groups in total. The molecule has 0 radical (unpaired) electrons. The van der Waals surface area contributed by atoms with Crippen molar-refractivity contribution in [1.29, 1.82) is 0 Å². The summed E-state index contributed by atoms with van der Waals surface area (Å²) in [5.41, 5.74) is 6.62. The van der Waals surface area contributed by atoms with Gasteiger partial charge < -0.3 is 15.8 Å². The first kappa shape index (κ1) is 16.5. The first-order chi connectivity index (χ1) is 9.51. The summed E-state index contributed by atoms with van der Waals surface area (Å²) in [7, 11) is 1.72. The summed E-state index contributed by atoms with van der Waals surface area (Å²) in [6.07, 6.45) is 1.35. The second-order valence-electron chi connectivity index (χ2n) is 4.65. The van der Waals surface area contributed by atoms with Gasteiger partial charge in [0.2, 0.25) is 5.91 Å². The van der Waals surface area contributed by atoms with E-state index in [4.69, 9.17) is 10.9 Å². The number of halogens is 1. The lowest BCUT2D eigenvalue weighted by Crippen LogP contribution is -2.39. The third kappa shape index (κ3) is 4.23. The third-order valence-corrected chi connectivity index (χ3v) is 3.86. The number of carbonyl (C=O) groups is 1. The number of rotatable bonds is 6. The highest BCUT2D eigenvalue weighted by molar-refractivity contribution is 9.10. The number of nitrogens with zero attached hydrogens (tertiary/aromatic N) is 2. The van der Waals surface area contributed by atoms with Gasteiger partial charge in [0.15, 0.2) is 5.84 Å². The van der Waals surface area contributed by atoms with Crippen LogP contribution in [0.25, 0.3) is 0 Å². The van der Waals surface area contributed by atoms with E-state index in [1.54, 1.807) is 11.9 Å². The van der Waals surface area contributed by atoms with Gasteiger partial charge in [0.05, 0.1) is 5.92 Å². The summed E-state index contributed by atoms with van der Waals surface area (Å²) in [6.45, 7) is 2.43. The lowest BCUT2D eigenvalue weighted by atomic mass is 10.0. The van der Waals surface area contributed by atoms with Crippen molar-refractivity contribution in [3.05, 3.63) is 34.3 Å². The normalized spacial score (nSPS) is 13.1. The second-order valence-corrected chi connectivity index (χ2v) is 5.51. The van der Waals surface area contributed by atoms with Crippen molar-refractivity contribution in [3.63, 3.8) is 0 Å². The molecule has 0 spiro atoms. The zero-order valence-electron chi connectivity index (χ0n) is 11.7. The van der Waals surface area contributed by atoms with Crippen molar-refractivity contribution < 1.29 is 10.0 Å². The molecule has 1 amide bonds. The smallest absolute Gasteiger partial charge is 0.233 e. The number of amidine groups is 1. The van der Waals surface area contributed by atoms with Crippen molar-refractivity contribution in [2.45, 2.75) is 26.3 Å². The molecule has 0 aliphatic heterocycles. The molecule has 5 nitrogen and oxygen atoms in total. The monoisotopic (exact) mass is 341 g/mol. The maximum atomic E-state index is 12.4. The Morgan fingerprint density at radius 2 is 2.15 bits per heavy atom. The highest BCUT2D eigenvalue weighted by Crippen LogP contribution is 2.19. The molecule has 0 aliphatic carbocycles. The summed E-state index contributed by atoms with van der Waals surface area (Å²) in [6, 6.07) is 7.73. The van der Waals surface area contributed by atoms with Crippen LogP contribution >= 0.6 is 15.9 Å². The first-order valence-electron chi connectivity index (χ1n) is 6.47. The van der Waals surface area contributed by atoms with Crippen molar-refractivity contribution in [2.75, 3.05) is 7.05 Å². The first-order valence-corrected chi connectivity index (χ1v) is 7.26. The van der Waals surface area contributed by atoms with Gasteiger partial charge in [-0.15, -0.1) is 0 Å². The molecule has 1 aromatic rings. The molecule has 0 aliphatic rings. The topological polar surface area (TPSA) is 78.9 Å². The molecule has 20 heavy (non-hydrogen) atoms. The molecular weight excluding hydrogens is 322 g/mol. The lowest BCUT2D eigenvalue weighted by molar-refractivity contribution is -0.132. The fourth-order valence-electron chi connectivity index (χ4n) is 1.98. The number of hydrogen-bond acceptors (Lipinski definition) is 3. The van der Waals surface area contributed by atoms with Crippen molar-refractivity contribution in [3.8, 4) is 0 Å². The van der Waals surface area contributed by atoms with Crippen molar-refractivity contribution in [2.24, 2.45) is 16.8 Å². The Bertz CT molecular complexity index is 491. The van der Waals surface area contributed by atoms with Crippen LogP contribution in [0.15, 0.2) is 33.9 Å². The molecule has 1 atom stereocenters. The number of hydrogen-bond donors (Lipinski definition) is 2. The van der Waals surface area contributed by atoms with Gasteiger partial charge in [0, 0.05) is 18.1 Å². The van der Waals surface area contributed by atoms with E-state index < -0.39 is 5.92 Å².